The van der Waals surface area contributed by atoms with Gasteiger partial charge in [0.2, 0.25) is 0 Å². The number of morpholine rings is 1. The molecule has 0 bridgehead atoms. The van der Waals surface area contributed by atoms with Crippen molar-refractivity contribution in [3.05, 3.63) is 41.2 Å². The number of benzene rings is 1. The van der Waals surface area contributed by atoms with Crippen LogP contribution < -0.4 is 0 Å². The average molecular weight is 447 g/mol. The predicted molar refractivity (Wildman–Crippen MR) is 121 cm³/mol. The van der Waals surface area contributed by atoms with E-state index in [1.54, 1.807) is 23.7 Å². The molecule has 30 heavy (non-hydrogen) atoms. The molecule has 0 amide bonds. The van der Waals surface area contributed by atoms with Gasteiger partial charge in [-0.3, -0.25) is 4.79 Å². The molecule has 1 aromatic heterocycles. The van der Waals surface area contributed by atoms with Crippen LogP contribution in [-0.4, -0.2) is 46.3 Å². The second-order valence-electron chi connectivity index (χ2n) is 8.84. The van der Waals surface area contributed by atoms with E-state index in [9.17, 15) is 9.90 Å². The summed E-state index contributed by atoms with van der Waals surface area (Å²) in [4.78, 5) is 15.3. The van der Waals surface area contributed by atoms with Gasteiger partial charge in [0.25, 0.3) is 0 Å². The molecule has 162 valence electrons. The fourth-order valence-electron chi connectivity index (χ4n) is 4.31. The predicted octanol–water partition coefficient (Wildman–Crippen LogP) is 4.89. The third kappa shape index (κ3) is 4.74. The first-order valence-corrected chi connectivity index (χ1v) is 12.1. The number of fused-ring (bicyclic) bond motifs is 1. The van der Waals surface area contributed by atoms with Crippen LogP contribution in [0.25, 0.3) is 0 Å². The van der Waals surface area contributed by atoms with Crippen LogP contribution in [0, 0.1) is 12.3 Å². The van der Waals surface area contributed by atoms with E-state index in [1.165, 1.54) is 25.9 Å². The molecule has 4 rings (SSSR count). The lowest BCUT2D eigenvalue weighted by Gasteiger charge is -2.31. The molecule has 1 aliphatic carbocycles. The first-order valence-electron chi connectivity index (χ1n) is 10.5. The summed E-state index contributed by atoms with van der Waals surface area (Å²) in [7, 11) is 0. The van der Waals surface area contributed by atoms with E-state index >= 15 is 0 Å². The summed E-state index contributed by atoms with van der Waals surface area (Å²) in [5.41, 5.74) is 3.89. The van der Waals surface area contributed by atoms with Crippen molar-refractivity contribution in [2.75, 3.05) is 26.3 Å². The minimum Gasteiger partial charge on any atom is -0.480 e. The molecule has 2 aromatic rings. The molecule has 0 saturated carbocycles. The summed E-state index contributed by atoms with van der Waals surface area (Å²) < 4.78 is 9.88. The van der Waals surface area contributed by atoms with E-state index in [4.69, 9.17) is 4.74 Å². The Morgan fingerprint density at radius 2 is 1.90 bits per heavy atom. The largest absolute Gasteiger partial charge is 0.480 e. The van der Waals surface area contributed by atoms with Crippen LogP contribution in [0.3, 0.4) is 0 Å². The first-order chi connectivity index (χ1) is 14.3. The molecule has 0 radical (unpaired) electrons. The van der Waals surface area contributed by atoms with Crippen molar-refractivity contribution in [1.82, 2.24) is 8.87 Å². The van der Waals surface area contributed by atoms with Gasteiger partial charge in [0.05, 0.1) is 13.2 Å². The summed E-state index contributed by atoms with van der Waals surface area (Å²) in [6, 6.07) is 8.55. The standard InChI is InChI=1S/C23H30N2O3S2/c1-16-22(17-14-23(2,3)9-8-18(17)25(16)15-21(26)27)29-19-6-4-5-7-20(19)30-24-10-12-28-13-11-24/h4-7H,8-15H2,1-3H3,(H,26,27). The third-order valence-corrected chi connectivity index (χ3v) is 8.55. The molecule has 2 heterocycles. The topological polar surface area (TPSA) is 54.7 Å². The van der Waals surface area contributed by atoms with Crippen molar-refractivity contribution < 1.29 is 14.6 Å². The zero-order valence-electron chi connectivity index (χ0n) is 17.9. The van der Waals surface area contributed by atoms with E-state index in [0.717, 1.165) is 51.3 Å². The van der Waals surface area contributed by atoms with Crippen molar-refractivity contribution in [3.63, 3.8) is 0 Å². The minimum atomic E-state index is -0.777. The number of carboxylic acid groups (broad SMARTS) is 1. The lowest BCUT2D eigenvalue weighted by Crippen LogP contribution is -2.30. The number of hydrogen-bond donors (Lipinski definition) is 1. The summed E-state index contributed by atoms with van der Waals surface area (Å²) in [6.45, 7) is 10.2. The summed E-state index contributed by atoms with van der Waals surface area (Å²) >= 11 is 3.60. The second-order valence-corrected chi connectivity index (χ2v) is 11.0. The molecule has 0 unspecified atom stereocenters. The maximum atomic E-state index is 11.5. The number of aliphatic carboxylic acids is 1. The quantitative estimate of drug-likeness (QED) is 0.638. The lowest BCUT2D eigenvalue weighted by molar-refractivity contribution is -0.137. The molecule has 5 nitrogen and oxygen atoms in total. The van der Waals surface area contributed by atoms with E-state index in [-0.39, 0.29) is 12.0 Å². The Balaban J connectivity index is 1.68. The smallest absolute Gasteiger partial charge is 0.323 e. The van der Waals surface area contributed by atoms with Crippen molar-refractivity contribution in [3.8, 4) is 0 Å². The maximum absolute atomic E-state index is 11.5. The number of rotatable bonds is 6. The van der Waals surface area contributed by atoms with Crippen LogP contribution >= 0.6 is 23.7 Å². The van der Waals surface area contributed by atoms with Gasteiger partial charge in [-0.05, 0) is 61.2 Å². The van der Waals surface area contributed by atoms with Crippen molar-refractivity contribution in [2.24, 2.45) is 5.41 Å². The van der Waals surface area contributed by atoms with E-state index in [2.05, 4.69) is 49.3 Å². The van der Waals surface area contributed by atoms with Crippen LogP contribution in [-0.2, 0) is 28.9 Å². The summed E-state index contributed by atoms with van der Waals surface area (Å²) in [5, 5.41) is 9.47. The van der Waals surface area contributed by atoms with Crippen molar-refractivity contribution >= 4 is 29.7 Å². The number of carbonyl (C=O) groups is 1. The molecule has 1 aliphatic heterocycles. The van der Waals surface area contributed by atoms with Gasteiger partial charge in [-0.1, -0.05) is 37.7 Å². The minimum absolute atomic E-state index is 0.0410. The van der Waals surface area contributed by atoms with Crippen molar-refractivity contribution in [2.45, 2.75) is 61.3 Å². The highest BCUT2D eigenvalue weighted by atomic mass is 32.2. The highest BCUT2D eigenvalue weighted by Crippen LogP contribution is 2.46. The number of carboxylic acids is 1. The Morgan fingerprint density at radius 3 is 2.60 bits per heavy atom. The molecule has 2 aliphatic rings. The highest BCUT2D eigenvalue weighted by molar-refractivity contribution is 8.01. The summed E-state index contributed by atoms with van der Waals surface area (Å²) in [6.07, 6.45) is 3.04. The van der Waals surface area contributed by atoms with Gasteiger partial charge in [-0.15, -0.1) is 0 Å². The van der Waals surface area contributed by atoms with Gasteiger partial charge >= 0.3 is 5.97 Å². The first kappa shape index (κ1) is 21.8. The van der Waals surface area contributed by atoms with Crippen LogP contribution in [0.1, 0.15) is 37.2 Å². The molecule has 7 heteroatoms. The summed E-state index contributed by atoms with van der Waals surface area (Å²) in [5.74, 6) is -0.777. The average Bonchev–Trinajstić information content (AvgIpc) is 2.94. The number of aromatic nitrogens is 1. The second kappa shape index (κ2) is 8.99. The van der Waals surface area contributed by atoms with Gasteiger partial charge in [-0.25, -0.2) is 4.31 Å². The molecule has 0 spiro atoms. The lowest BCUT2D eigenvalue weighted by atomic mass is 9.76. The van der Waals surface area contributed by atoms with Gasteiger partial charge in [-0.2, -0.15) is 0 Å². The van der Waals surface area contributed by atoms with Gasteiger partial charge in [0, 0.05) is 39.2 Å². The SMILES string of the molecule is Cc1c(Sc2ccccc2SN2CCOCC2)c2c(n1CC(=O)O)CCC(C)(C)C2. The van der Waals surface area contributed by atoms with Gasteiger partial charge in [0.15, 0.2) is 0 Å². The molecule has 1 saturated heterocycles. The van der Waals surface area contributed by atoms with Crippen LogP contribution in [0.5, 0.6) is 0 Å². The molecule has 0 atom stereocenters. The normalized spacial score (nSPS) is 18.9. The zero-order valence-corrected chi connectivity index (χ0v) is 19.6. The monoisotopic (exact) mass is 446 g/mol. The van der Waals surface area contributed by atoms with Gasteiger partial charge in [0.1, 0.15) is 6.54 Å². The number of hydrogen-bond acceptors (Lipinski definition) is 5. The van der Waals surface area contributed by atoms with Crippen LogP contribution in [0.4, 0.5) is 0 Å². The fourth-order valence-corrected chi connectivity index (χ4v) is 6.56. The van der Waals surface area contributed by atoms with Crippen LogP contribution in [0.2, 0.25) is 0 Å². The number of ether oxygens (including phenoxy) is 1. The Kier molecular flexibility index (Phi) is 6.53. The molecular weight excluding hydrogens is 416 g/mol. The fraction of sp³-hybridized carbons (Fsp3) is 0.522. The Labute approximate surface area is 187 Å². The van der Waals surface area contributed by atoms with E-state index in [1.807, 2.05) is 4.57 Å². The van der Waals surface area contributed by atoms with Gasteiger partial charge < -0.3 is 14.4 Å². The molecule has 1 aromatic carbocycles. The van der Waals surface area contributed by atoms with E-state index < -0.39 is 5.97 Å². The Hall–Kier alpha value is -1.41. The molecule has 1 N–H and O–H groups in total. The Bertz CT molecular complexity index is 933. The Morgan fingerprint density at radius 1 is 1.20 bits per heavy atom. The number of nitrogens with zero attached hydrogens (tertiary/aromatic N) is 2. The third-order valence-electron chi connectivity index (χ3n) is 5.93. The maximum Gasteiger partial charge on any atom is 0.323 e. The van der Waals surface area contributed by atoms with Crippen LogP contribution in [0.15, 0.2) is 39.0 Å². The molecular formula is C23H30N2O3S2. The zero-order chi connectivity index (χ0) is 21.3. The van der Waals surface area contributed by atoms with E-state index in [0.29, 0.717) is 0 Å². The van der Waals surface area contributed by atoms with Crippen molar-refractivity contribution in [1.29, 1.82) is 0 Å². The highest BCUT2D eigenvalue weighted by Gasteiger charge is 2.32. The molecule has 1 fully saturated rings.